The summed E-state index contributed by atoms with van der Waals surface area (Å²) in [6, 6.07) is 7.04. The number of rotatable bonds is 2. The first kappa shape index (κ1) is 23.4. The summed E-state index contributed by atoms with van der Waals surface area (Å²) in [4.78, 5) is 53.4. The lowest BCUT2D eigenvalue weighted by atomic mass is 9.84. The summed E-state index contributed by atoms with van der Waals surface area (Å²) in [6.45, 7) is 0. The van der Waals surface area contributed by atoms with Gasteiger partial charge in [0.05, 0.1) is 33.6 Å². The molecule has 0 fully saturated rings. The molecule has 188 valence electrons. The largest absolute Gasteiger partial charge is 0.269 e. The average molecular weight is 526 g/mol. The van der Waals surface area contributed by atoms with Crippen LogP contribution in [0.3, 0.4) is 0 Å². The third-order valence-electron chi connectivity index (χ3n) is 6.35. The molecule has 4 aromatic rings. The highest BCUT2D eigenvalue weighted by atomic mass is 19.2. The maximum absolute atomic E-state index is 15.4. The molecule has 0 aromatic heterocycles. The summed E-state index contributed by atoms with van der Waals surface area (Å²) >= 11 is 0. The van der Waals surface area contributed by atoms with Crippen LogP contribution in [0.25, 0.3) is 10.8 Å². The van der Waals surface area contributed by atoms with Crippen molar-refractivity contribution < 1.29 is 45.5 Å². The van der Waals surface area contributed by atoms with Crippen molar-refractivity contribution in [1.29, 1.82) is 0 Å². The molecule has 2 heterocycles. The van der Waals surface area contributed by atoms with E-state index in [4.69, 9.17) is 0 Å². The first-order valence-corrected chi connectivity index (χ1v) is 10.7. The van der Waals surface area contributed by atoms with Crippen molar-refractivity contribution in [1.82, 2.24) is 0 Å². The minimum atomic E-state index is -1.96. The highest BCUT2D eigenvalue weighted by Crippen LogP contribution is 2.44. The second-order valence-corrected chi connectivity index (χ2v) is 8.35. The lowest BCUT2D eigenvalue weighted by Gasteiger charge is -2.33. The Kier molecular flexibility index (Phi) is 4.77. The van der Waals surface area contributed by atoms with Gasteiger partial charge in [0.1, 0.15) is 11.6 Å². The van der Waals surface area contributed by atoms with Crippen molar-refractivity contribution in [3.63, 3.8) is 0 Å². The Bertz CT molecular complexity index is 1590. The van der Waals surface area contributed by atoms with E-state index in [-0.39, 0.29) is 21.2 Å². The van der Waals surface area contributed by atoms with E-state index in [0.29, 0.717) is 0 Å². The highest BCUT2D eigenvalue weighted by molar-refractivity contribution is 6.42. The molecule has 0 saturated carbocycles. The molecule has 38 heavy (non-hydrogen) atoms. The van der Waals surface area contributed by atoms with Crippen LogP contribution in [0.2, 0.25) is 0 Å². The maximum atomic E-state index is 15.4. The van der Waals surface area contributed by atoms with E-state index in [0.717, 1.165) is 48.5 Å². The Labute approximate surface area is 207 Å². The third kappa shape index (κ3) is 2.85. The van der Waals surface area contributed by atoms with E-state index in [1.807, 2.05) is 0 Å². The van der Waals surface area contributed by atoms with Gasteiger partial charge in [-0.3, -0.25) is 19.2 Å². The Hall–Kier alpha value is -5.00. The van der Waals surface area contributed by atoms with Crippen LogP contribution in [0.1, 0.15) is 41.4 Å². The van der Waals surface area contributed by atoms with Crippen LogP contribution < -0.4 is 9.80 Å². The van der Waals surface area contributed by atoms with Gasteiger partial charge in [-0.1, -0.05) is 0 Å². The molecule has 0 unspecified atom stereocenters. The summed E-state index contributed by atoms with van der Waals surface area (Å²) in [5.74, 6) is -15.5. The fourth-order valence-corrected chi connectivity index (χ4v) is 4.71. The lowest BCUT2D eigenvalue weighted by Crippen LogP contribution is -2.46. The molecule has 2 aliphatic heterocycles. The monoisotopic (exact) mass is 526 g/mol. The molecule has 0 saturated heterocycles. The van der Waals surface area contributed by atoms with Gasteiger partial charge < -0.3 is 0 Å². The molecular formula is C26H8F6N2O4. The summed E-state index contributed by atoms with van der Waals surface area (Å²) in [5.41, 5.74) is -5.64. The molecule has 4 aromatic carbocycles. The second-order valence-electron chi connectivity index (χ2n) is 8.35. The van der Waals surface area contributed by atoms with E-state index in [1.54, 1.807) is 0 Å². The van der Waals surface area contributed by atoms with E-state index < -0.39 is 91.6 Å². The number of carbonyl (C=O) groups excluding carboxylic acids is 4. The van der Waals surface area contributed by atoms with Gasteiger partial charge >= 0.3 is 0 Å². The van der Waals surface area contributed by atoms with Crippen molar-refractivity contribution in [3.05, 3.63) is 106 Å². The highest BCUT2D eigenvalue weighted by Gasteiger charge is 2.48. The van der Waals surface area contributed by atoms with Gasteiger partial charge in [0.25, 0.3) is 23.6 Å². The normalized spacial score (nSPS) is 14.7. The van der Waals surface area contributed by atoms with Crippen LogP contribution in [0.4, 0.5) is 37.7 Å². The van der Waals surface area contributed by atoms with Crippen molar-refractivity contribution in [2.75, 3.05) is 9.80 Å². The number of hydrogen-bond donors (Lipinski definition) is 0. The zero-order valence-electron chi connectivity index (χ0n) is 18.4. The quantitative estimate of drug-likeness (QED) is 0.263. The summed E-state index contributed by atoms with van der Waals surface area (Å²) < 4.78 is 88.6. The molecular weight excluding hydrogens is 518 g/mol. The SMILES string of the molecule is O=C1c2c(F)c(F)c3c4c(c(F)c(F)c(c24)C(=O)N1c1ccc(F)cc1)C(=O)N(c1ccc(F)cc1)C3=O. The number of anilines is 2. The zero-order chi connectivity index (χ0) is 27.2. The number of carbonyl (C=O) groups is 4. The van der Waals surface area contributed by atoms with Gasteiger partial charge in [0, 0.05) is 10.8 Å². The maximum Gasteiger partial charge on any atom is 0.269 e. The second kappa shape index (κ2) is 7.75. The summed E-state index contributed by atoms with van der Waals surface area (Å²) in [6.07, 6.45) is 0. The van der Waals surface area contributed by atoms with Gasteiger partial charge in [-0.15, -0.1) is 0 Å². The van der Waals surface area contributed by atoms with Crippen molar-refractivity contribution in [2.45, 2.75) is 0 Å². The molecule has 2 aliphatic rings. The number of imide groups is 2. The van der Waals surface area contributed by atoms with Crippen LogP contribution in [0.5, 0.6) is 0 Å². The first-order valence-electron chi connectivity index (χ1n) is 10.7. The Morgan fingerprint density at radius 2 is 0.632 bits per heavy atom. The molecule has 6 nitrogen and oxygen atoms in total. The minimum absolute atomic E-state index is 0.196. The van der Waals surface area contributed by atoms with Crippen molar-refractivity contribution >= 4 is 45.8 Å². The van der Waals surface area contributed by atoms with Crippen LogP contribution in [-0.4, -0.2) is 23.6 Å². The van der Waals surface area contributed by atoms with Gasteiger partial charge in [-0.05, 0) is 48.5 Å². The molecule has 6 rings (SSSR count). The zero-order valence-corrected chi connectivity index (χ0v) is 18.4. The van der Waals surface area contributed by atoms with Crippen LogP contribution in [0, 0.1) is 34.9 Å². The molecule has 0 aliphatic carbocycles. The molecule has 0 radical (unpaired) electrons. The molecule has 0 spiro atoms. The fourth-order valence-electron chi connectivity index (χ4n) is 4.71. The van der Waals surface area contributed by atoms with Gasteiger partial charge in [-0.25, -0.2) is 36.1 Å². The summed E-state index contributed by atoms with van der Waals surface area (Å²) in [5, 5.41) is -1.91. The Balaban J connectivity index is 1.71. The number of hydrogen-bond acceptors (Lipinski definition) is 4. The fraction of sp³-hybridized carbons (Fsp3) is 0. The number of amides is 4. The van der Waals surface area contributed by atoms with E-state index in [2.05, 4.69) is 0 Å². The Morgan fingerprint density at radius 3 is 0.868 bits per heavy atom. The standard InChI is InChI=1S/C26H8F6N2O4/c27-9-1-5-11(6-2-9)33-23(35)15-13-14-17(21(31)19(15)29)25(37)34(12-7-3-10(28)4-8-12)26(38)18(14)22(32)20(30)16(13)24(33)36/h1-8H. The van der Waals surface area contributed by atoms with Crippen LogP contribution in [0.15, 0.2) is 48.5 Å². The number of halogens is 6. The van der Waals surface area contributed by atoms with E-state index in [1.165, 1.54) is 0 Å². The van der Waals surface area contributed by atoms with Gasteiger partial charge in [0.15, 0.2) is 23.3 Å². The topological polar surface area (TPSA) is 74.8 Å². The molecule has 0 bridgehead atoms. The Morgan fingerprint density at radius 1 is 0.395 bits per heavy atom. The van der Waals surface area contributed by atoms with Crippen molar-refractivity contribution in [3.8, 4) is 0 Å². The van der Waals surface area contributed by atoms with E-state index in [9.17, 15) is 28.0 Å². The van der Waals surface area contributed by atoms with Crippen LogP contribution in [-0.2, 0) is 0 Å². The van der Waals surface area contributed by atoms with Crippen LogP contribution >= 0.6 is 0 Å². The molecule has 4 amide bonds. The predicted octanol–water partition coefficient (Wildman–Crippen LogP) is 5.28. The predicted molar refractivity (Wildman–Crippen MR) is 119 cm³/mol. The van der Waals surface area contributed by atoms with E-state index >= 15 is 17.6 Å². The van der Waals surface area contributed by atoms with Gasteiger partial charge in [0.2, 0.25) is 0 Å². The van der Waals surface area contributed by atoms with Gasteiger partial charge in [-0.2, -0.15) is 0 Å². The third-order valence-corrected chi connectivity index (χ3v) is 6.35. The average Bonchev–Trinajstić information content (AvgIpc) is 2.88. The molecule has 0 atom stereocenters. The molecule has 0 N–H and O–H groups in total. The summed E-state index contributed by atoms with van der Waals surface area (Å²) in [7, 11) is 0. The number of nitrogens with zero attached hydrogens (tertiary/aromatic N) is 2. The lowest BCUT2D eigenvalue weighted by molar-refractivity contribution is 0.0863. The first-order chi connectivity index (χ1) is 18.0. The van der Waals surface area contributed by atoms with Crippen molar-refractivity contribution in [2.24, 2.45) is 0 Å². The molecule has 12 heteroatoms. The number of benzene rings is 4. The smallest absolute Gasteiger partial charge is 0.268 e. The minimum Gasteiger partial charge on any atom is -0.268 e.